The summed E-state index contributed by atoms with van der Waals surface area (Å²) in [5, 5.41) is 0.777. The standard InChI is InChI=1S/C12H16ClNO/c1-9-8-11(4-5-12(9)13)14(3)7-6-10(2)15/h4-5,8H,6-7H2,1-3H3. The molecule has 0 aromatic heterocycles. The smallest absolute Gasteiger partial charge is 0.131 e. The molecule has 0 amide bonds. The predicted octanol–water partition coefficient (Wildman–Crippen LogP) is 3.06. The third-order valence-electron chi connectivity index (χ3n) is 2.38. The lowest BCUT2D eigenvalue weighted by Gasteiger charge is -2.19. The molecule has 0 heterocycles. The molecule has 15 heavy (non-hydrogen) atoms. The summed E-state index contributed by atoms with van der Waals surface area (Å²) in [6.07, 6.45) is 0.582. The van der Waals surface area contributed by atoms with Crippen LogP contribution in [-0.4, -0.2) is 19.4 Å². The van der Waals surface area contributed by atoms with E-state index in [0.717, 1.165) is 22.8 Å². The van der Waals surface area contributed by atoms with Gasteiger partial charge in [-0.3, -0.25) is 4.79 Å². The molecule has 0 bridgehead atoms. The number of nitrogens with zero attached hydrogens (tertiary/aromatic N) is 1. The first-order chi connectivity index (χ1) is 7.00. The van der Waals surface area contributed by atoms with Crippen LogP contribution < -0.4 is 4.90 Å². The highest BCUT2D eigenvalue weighted by Gasteiger charge is 2.04. The molecule has 0 atom stereocenters. The highest BCUT2D eigenvalue weighted by atomic mass is 35.5. The summed E-state index contributed by atoms with van der Waals surface area (Å²) in [6.45, 7) is 4.34. The fourth-order valence-electron chi connectivity index (χ4n) is 1.32. The molecular weight excluding hydrogens is 210 g/mol. The van der Waals surface area contributed by atoms with Crippen molar-refractivity contribution in [2.45, 2.75) is 20.3 Å². The summed E-state index contributed by atoms with van der Waals surface area (Å²) in [5.41, 5.74) is 2.15. The van der Waals surface area contributed by atoms with E-state index in [1.807, 2.05) is 32.2 Å². The van der Waals surface area contributed by atoms with Crippen LogP contribution in [0.2, 0.25) is 5.02 Å². The minimum absolute atomic E-state index is 0.215. The van der Waals surface area contributed by atoms with Crippen molar-refractivity contribution in [1.29, 1.82) is 0 Å². The largest absolute Gasteiger partial charge is 0.374 e. The van der Waals surface area contributed by atoms with E-state index in [2.05, 4.69) is 4.90 Å². The van der Waals surface area contributed by atoms with E-state index in [9.17, 15) is 4.79 Å². The lowest BCUT2D eigenvalue weighted by atomic mass is 10.2. The van der Waals surface area contributed by atoms with Gasteiger partial charge in [0.05, 0.1) is 0 Å². The maximum Gasteiger partial charge on any atom is 0.131 e. The molecule has 2 nitrogen and oxygen atoms in total. The van der Waals surface area contributed by atoms with Crippen LogP contribution in [0, 0.1) is 6.92 Å². The number of Topliss-reactive ketones (excluding diaryl/α,β-unsaturated/α-hetero) is 1. The molecule has 0 unspecified atom stereocenters. The van der Waals surface area contributed by atoms with Gasteiger partial charge in [-0.25, -0.2) is 0 Å². The van der Waals surface area contributed by atoms with Crippen LogP contribution in [0.15, 0.2) is 18.2 Å². The van der Waals surface area contributed by atoms with Crippen LogP contribution in [-0.2, 0) is 4.79 Å². The van der Waals surface area contributed by atoms with E-state index in [1.165, 1.54) is 0 Å². The number of aryl methyl sites for hydroxylation is 1. The topological polar surface area (TPSA) is 20.3 Å². The van der Waals surface area contributed by atoms with Crippen LogP contribution in [0.5, 0.6) is 0 Å². The van der Waals surface area contributed by atoms with Gasteiger partial charge < -0.3 is 4.90 Å². The molecule has 0 radical (unpaired) electrons. The Hall–Kier alpha value is -1.02. The molecule has 0 aliphatic rings. The molecule has 0 aliphatic heterocycles. The van der Waals surface area contributed by atoms with E-state index in [0.29, 0.717) is 6.42 Å². The van der Waals surface area contributed by atoms with Crippen LogP contribution in [0.1, 0.15) is 18.9 Å². The molecule has 0 spiro atoms. The monoisotopic (exact) mass is 225 g/mol. The van der Waals surface area contributed by atoms with Crippen molar-refractivity contribution in [3.05, 3.63) is 28.8 Å². The maximum atomic E-state index is 10.9. The number of hydrogen-bond donors (Lipinski definition) is 0. The minimum Gasteiger partial charge on any atom is -0.374 e. The van der Waals surface area contributed by atoms with Gasteiger partial charge in [-0.2, -0.15) is 0 Å². The summed E-state index contributed by atoms with van der Waals surface area (Å²) in [4.78, 5) is 12.9. The zero-order chi connectivity index (χ0) is 11.4. The van der Waals surface area contributed by atoms with Gasteiger partial charge in [0.2, 0.25) is 0 Å². The summed E-state index contributed by atoms with van der Waals surface area (Å²) in [5.74, 6) is 0.215. The molecule has 0 aliphatic carbocycles. The first-order valence-electron chi connectivity index (χ1n) is 4.97. The molecule has 0 fully saturated rings. The van der Waals surface area contributed by atoms with Crippen molar-refractivity contribution in [2.24, 2.45) is 0 Å². The Labute approximate surface area is 95.8 Å². The zero-order valence-electron chi connectivity index (χ0n) is 9.38. The molecular formula is C12H16ClNO. The first kappa shape index (κ1) is 12.1. The van der Waals surface area contributed by atoms with Crippen molar-refractivity contribution < 1.29 is 4.79 Å². The molecule has 1 aromatic carbocycles. The van der Waals surface area contributed by atoms with E-state index in [-0.39, 0.29) is 5.78 Å². The van der Waals surface area contributed by atoms with Gasteiger partial charge in [-0.05, 0) is 37.6 Å². The van der Waals surface area contributed by atoms with Crippen LogP contribution in [0.4, 0.5) is 5.69 Å². The van der Waals surface area contributed by atoms with Crippen LogP contribution >= 0.6 is 11.6 Å². The van der Waals surface area contributed by atoms with Gasteiger partial charge in [0.25, 0.3) is 0 Å². The van der Waals surface area contributed by atoms with E-state index >= 15 is 0 Å². The van der Waals surface area contributed by atoms with E-state index in [4.69, 9.17) is 11.6 Å². The second-order valence-electron chi connectivity index (χ2n) is 3.81. The number of anilines is 1. The van der Waals surface area contributed by atoms with Gasteiger partial charge in [-0.1, -0.05) is 11.6 Å². The Morgan fingerprint density at radius 3 is 2.67 bits per heavy atom. The maximum absolute atomic E-state index is 10.9. The van der Waals surface area contributed by atoms with Gasteiger partial charge in [0.15, 0.2) is 0 Å². The number of carbonyl (C=O) groups excluding carboxylic acids is 1. The highest BCUT2D eigenvalue weighted by molar-refractivity contribution is 6.31. The van der Waals surface area contributed by atoms with Gasteiger partial charge >= 0.3 is 0 Å². The Morgan fingerprint density at radius 1 is 1.47 bits per heavy atom. The van der Waals surface area contributed by atoms with E-state index < -0.39 is 0 Å². The number of benzene rings is 1. The number of halogens is 1. The summed E-state index contributed by atoms with van der Waals surface area (Å²) >= 11 is 5.94. The molecule has 0 saturated carbocycles. The molecule has 82 valence electrons. The number of hydrogen-bond acceptors (Lipinski definition) is 2. The third-order valence-corrected chi connectivity index (χ3v) is 2.81. The van der Waals surface area contributed by atoms with Crippen molar-refractivity contribution in [2.75, 3.05) is 18.5 Å². The second kappa shape index (κ2) is 5.17. The minimum atomic E-state index is 0.215. The SMILES string of the molecule is CC(=O)CCN(C)c1ccc(Cl)c(C)c1. The van der Waals surface area contributed by atoms with Crippen LogP contribution in [0.3, 0.4) is 0 Å². The molecule has 0 saturated heterocycles. The number of carbonyl (C=O) groups is 1. The molecule has 1 rings (SSSR count). The van der Waals surface area contributed by atoms with Gasteiger partial charge in [0, 0.05) is 30.7 Å². The molecule has 3 heteroatoms. The quantitative estimate of drug-likeness (QED) is 0.785. The van der Waals surface area contributed by atoms with Crippen molar-refractivity contribution in [3.8, 4) is 0 Å². The third kappa shape index (κ3) is 3.56. The summed E-state index contributed by atoms with van der Waals surface area (Å²) in [7, 11) is 1.98. The highest BCUT2D eigenvalue weighted by Crippen LogP contribution is 2.21. The number of rotatable bonds is 4. The van der Waals surface area contributed by atoms with Crippen molar-refractivity contribution >= 4 is 23.1 Å². The lowest BCUT2D eigenvalue weighted by Crippen LogP contribution is -2.20. The Kier molecular flexibility index (Phi) is 4.15. The van der Waals surface area contributed by atoms with E-state index in [1.54, 1.807) is 6.92 Å². The Balaban J connectivity index is 2.69. The first-order valence-corrected chi connectivity index (χ1v) is 5.35. The normalized spacial score (nSPS) is 10.1. The van der Waals surface area contributed by atoms with Gasteiger partial charge in [-0.15, -0.1) is 0 Å². The van der Waals surface area contributed by atoms with Crippen LogP contribution in [0.25, 0.3) is 0 Å². The zero-order valence-corrected chi connectivity index (χ0v) is 10.1. The predicted molar refractivity (Wildman–Crippen MR) is 64.8 cm³/mol. The molecule has 0 N–H and O–H groups in total. The van der Waals surface area contributed by atoms with Crippen molar-refractivity contribution in [3.63, 3.8) is 0 Å². The fourth-order valence-corrected chi connectivity index (χ4v) is 1.44. The Morgan fingerprint density at radius 2 is 2.13 bits per heavy atom. The molecule has 1 aromatic rings. The summed E-state index contributed by atoms with van der Waals surface area (Å²) in [6, 6.07) is 5.88. The van der Waals surface area contributed by atoms with Gasteiger partial charge in [0.1, 0.15) is 5.78 Å². The fraction of sp³-hybridized carbons (Fsp3) is 0.417. The Bertz CT molecular complexity index is 363. The van der Waals surface area contributed by atoms with Crippen molar-refractivity contribution in [1.82, 2.24) is 0 Å². The average molecular weight is 226 g/mol. The summed E-state index contributed by atoms with van der Waals surface area (Å²) < 4.78 is 0. The second-order valence-corrected chi connectivity index (χ2v) is 4.21. The lowest BCUT2D eigenvalue weighted by molar-refractivity contribution is -0.116. The number of ketones is 1. The average Bonchev–Trinajstić information content (AvgIpc) is 2.18.